The molecule has 0 amide bonds. The molecule has 2 aromatic rings. The van der Waals surface area contributed by atoms with Crippen molar-refractivity contribution in [3.8, 4) is 0 Å². The lowest BCUT2D eigenvalue weighted by atomic mass is 10.0. The summed E-state index contributed by atoms with van der Waals surface area (Å²) in [4.78, 5) is 0. The van der Waals surface area contributed by atoms with Crippen molar-refractivity contribution in [3.63, 3.8) is 0 Å². The van der Waals surface area contributed by atoms with Crippen molar-refractivity contribution < 1.29 is 13.9 Å². The van der Waals surface area contributed by atoms with Gasteiger partial charge in [0.1, 0.15) is 11.6 Å². The van der Waals surface area contributed by atoms with Gasteiger partial charge in [-0.15, -0.1) is 0 Å². The van der Waals surface area contributed by atoms with Gasteiger partial charge in [0, 0.05) is 24.7 Å². The van der Waals surface area contributed by atoms with Gasteiger partial charge in [-0.05, 0) is 37.1 Å². The second kappa shape index (κ2) is 6.13. The first-order valence-electron chi connectivity index (χ1n) is 6.67. The Morgan fingerprint density at radius 1 is 1.25 bits per heavy atom. The Hall–Kier alpha value is -1.75. The van der Waals surface area contributed by atoms with Crippen LogP contribution >= 0.6 is 0 Å². The summed E-state index contributed by atoms with van der Waals surface area (Å²) in [7, 11) is 0. The van der Waals surface area contributed by atoms with Crippen LogP contribution in [0.4, 0.5) is 8.78 Å². The van der Waals surface area contributed by atoms with E-state index in [9.17, 15) is 13.9 Å². The Morgan fingerprint density at radius 3 is 2.50 bits per heavy atom. The van der Waals surface area contributed by atoms with Crippen LogP contribution in [0.15, 0.2) is 30.5 Å². The monoisotopic (exact) mass is 280 g/mol. The van der Waals surface area contributed by atoms with Gasteiger partial charge in [-0.3, -0.25) is 4.68 Å². The first-order chi connectivity index (χ1) is 9.49. The normalized spacial score (nSPS) is 14.2. The third kappa shape index (κ3) is 3.42. The quantitative estimate of drug-likeness (QED) is 0.911. The minimum atomic E-state index is -0.972. The maximum atomic E-state index is 13.1. The molecule has 20 heavy (non-hydrogen) atoms. The smallest absolute Gasteiger partial charge is 0.126 e. The fourth-order valence-corrected chi connectivity index (χ4v) is 2.00. The lowest BCUT2D eigenvalue weighted by molar-refractivity contribution is 0.176. The van der Waals surface area contributed by atoms with Crippen molar-refractivity contribution in [2.45, 2.75) is 38.8 Å². The van der Waals surface area contributed by atoms with Crippen LogP contribution in [0.2, 0.25) is 0 Å². The topological polar surface area (TPSA) is 38.0 Å². The highest BCUT2D eigenvalue weighted by atomic mass is 19.1. The first kappa shape index (κ1) is 14.7. The van der Waals surface area contributed by atoms with Crippen LogP contribution in [0, 0.1) is 11.6 Å². The summed E-state index contributed by atoms with van der Waals surface area (Å²) in [6, 6.07) is 5.16. The highest BCUT2D eigenvalue weighted by molar-refractivity contribution is 5.21. The summed E-state index contributed by atoms with van der Waals surface area (Å²) in [5, 5.41) is 14.4. The molecule has 0 saturated carbocycles. The van der Waals surface area contributed by atoms with Crippen molar-refractivity contribution >= 4 is 0 Å². The molecule has 2 unspecified atom stereocenters. The predicted molar refractivity (Wildman–Crippen MR) is 72.3 cm³/mol. The van der Waals surface area contributed by atoms with Crippen molar-refractivity contribution in [1.29, 1.82) is 0 Å². The van der Waals surface area contributed by atoms with Crippen molar-refractivity contribution in [2.75, 3.05) is 0 Å². The highest BCUT2D eigenvalue weighted by Crippen LogP contribution is 2.20. The molecule has 0 radical (unpaired) electrons. The number of aliphatic hydroxyl groups is 1. The number of aromatic nitrogens is 2. The molecule has 0 bridgehead atoms. The fourth-order valence-electron chi connectivity index (χ4n) is 2.00. The van der Waals surface area contributed by atoms with Gasteiger partial charge in [0.05, 0.1) is 11.8 Å². The maximum absolute atomic E-state index is 13.1. The Kier molecular flexibility index (Phi) is 4.49. The number of benzene rings is 1. The van der Waals surface area contributed by atoms with Crippen LogP contribution in [0.5, 0.6) is 0 Å². The Labute approximate surface area is 116 Å². The lowest BCUT2D eigenvalue weighted by Gasteiger charge is -2.11. The summed E-state index contributed by atoms with van der Waals surface area (Å²) in [5.41, 5.74) is 0.919. The van der Waals surface area contributed by atoms with E-state index in [4.69, 9.17) is 0 Å². The molecule has 1 aromatic carbocycles. The molecule has 5 heteroatoms. The zero-order valence-corrected chi connectivity index (χ0v) is 11.6. The molecule has 0 aliphatic rings. The number of hydrogen-bond donors (Lipinski definition) is 1. The predicted octanol–water partition coefficient (Wildman–Crippen LogP) is 3.41. The van der Waals surface area contributed by atoms with E-state index < -0.39 is 17.7 Å². The zero-order valence-electron chi connectivity index (χ0n) is 11.6. The fraction of sp³-hybridized carbons (Fsp3) is 0.400. The Bertz CT molecular complexity index is 563. The third-order valence-corrected chi connectivity index (χ3v) is 3.38. The van der Waals surface area contributed by atoms with Gasteiger partial charge in [-0.1, -0.05) is 6.92 Å². The van der Waals surface area contributed by atoms with Crippen molar-refractivity contribution in [3.05, 3.63) is 53.4 Å². The molecule has 108 valence electrons. The molecule has 3 nitrogen and oxygen atoms in total. The van der Waals surface area contributed by atoms with Gasteiger partial charge < -0.3 is 5.11 Å². The average molecular weight is 280 g/mol. The van der Waals surface area contributed by atoms with Crippen LogP contribution in [0.1, 0.15) is 43.7 Å². The lowest BCUT2D eigenvalue weighted by Crippen LogP contribution is -2.07. The van der Waals surface area contributed by atoms with Crippen LogP contribution in [-0.2, 0) is 6.42 Å². The van der Waals surface area contributed by atoms with E-state index >= 15 is 0 Å². The molecule has 0 aliphatic heterocycles. The van der Waals surface area contributed by atoms with Gasteiger partial charge in [0.15, 0.2) is 0 Å². The molecule has 1 aromatic heterocycles. The van der Waals surface area contributed by atoms with Crippen LogP contribution in [0.3, 0.4) is 0 Å². The molecule has 0 aliphatic carbocycles. The van der Waals surface area contributed by atoms with E-state index in [-0.39, 0.29) is 18.0 Å². The molecule has 2 rings (SSSR count). The van der Waals surface area contributed by atoms with E-state index in [1.54, 1.807) is 0 Å². The van der Waals surface area contributed by atoms with Gasteiger partial charge >= 0.3 is 0 Å². The molecule has 0 fully saturated rings. The number of hydrogen-bond acceptors (Lipinski definition) is 2. The molecule has 1 heterocycles. The second-order valence-corrected chi connectivity index (χ2v) is 4.97. The second-order valence-electron chi connectivity index (χ2n) is 4.97. The van der Waals surface area contributed by atoms with E-state index in [0.717, 1.165) is 24.6 Å². The largest absolute Gasteiger partial charge is 0.388 e. The van der Waals surface area contributed by atoms with Crippen LogP contribution in [0.25, 0.3) is 0 Å². The van der Waals surface area contributed by atoms with Gasteiger partial charge in [0.25, 0.3) is 0 Å². The van der Waals surface area contributed by atoms with E-state index in [0.29, 0.717) is 5.69 Å². The molecule has 2 atom stereocenters. The van der Waals surface area contributed by atoms with Gasteiger partial charge in [-0.2, -0.15) is 5.10 Å². The van der Waals surface area contributed by atoms with Crippen molar-refractivity contribution in [2.24, 2.45) is 0 Å². The van der Waals surface area contributed by atoms with Gasteiger partial charge in [0.2, 0.25) is 0 Å². The van der Waals surface area contributed by atoms with Gasteiger partial charge in [-0.25, -0.2) is 8.78 Å². The van der Waals surface area contributed by atoms with E-state index in [1.807, 2.05) is 16.9 Å². The molecular formula is C15H18F2N2O. The van der Waals surface area contributed by atoms with Crippen molar-refractivity contribution in [1.82, 2.24) is 9.78 Å². The molecule has 1 N–H and O–H groups in total. The van der Waals surface area contributed by atoms with E-state index in [2.05, 4.69) is 18.9 Å². The zero-order chi connectivity index (χ0) is 14.7. The molecule has 0 spiro atoms. The maximum Gasteiger partial charge on any atom is 0.126 e. The molecular weight excluding hydrogens is 262 g/mol. The Morgan fingerprint density at radius 2 is 1.90 bits per heavy atom. The van der Waals surface area contributed by atoms with E-state index in [1.165, 1.54) is 0 Å². The number of aliphatic hydroxyl groups excluding tert-OH is 1. The standard InChI is InChI=1S/C15H18F2N2O/c1-3-10(2)19-5-4-14(18-19)9-15(20)11-6-12(16)8-13(17)7-11/h4-8,10,15,20H,3,9H2,1-2H3. The number of nitrogens with zero attached hydrogens (tertiary/aromatic N) is 2. The Balaban J connectivity index is 2.11. The van der Waals surface area contributed by atoms with Crippen LogP contribution < -0.4 is 0 Å². The first-order valence-corrected chi connectivity index (χ1v) is 6.67. The summed E-state index contributed by atoms with van der Waals surface area (Å²) in [6.45, 7) is 4.12. The number of halogens is 2. The molecule has 0 saturated heterocycles. The minimum absolute atomic E-state index is 0.223. The third-order valence-electron chi connectivity index (χ3n) is 3.38. The van der Waals surface area contributed by atoms with Crippen LogP contribution in [-0.4, -0.2) is 14.9 Å². The number of rotatable bonds is 5. The highest BCUT2D eigenvalue weighted by Gasteiger charge is 2.14. The summed E-state index contributed by atoms with van der Waals surface area (Å²) < 4.78 is 28.1. The SMILES string of the molecule is CCC(C)n1ccc(CC(O)c2cc(F)cc(F)c2)n1. The summed E-state index contributed by atoms with van der Waals surface area (Å²) >= 11 is 0. The minimum Gasteiger partial charge on any atom is -0.388 e. The summed E-state index contributed by atoms with van der Waals surface area (Å²) in [5.74, 6) is -1.38. The average Bonchev–Trinajstić information content (AvgIpc) is 2.85. The summed E-state index contributed by atoms with van der Waals surface area (Å²) in [6.07, 6.45) is 2.06.